The van der Waals surface area contributed by atoms with Crippen LogP contribution in [0, 0.1) is 11.3 Å². The molecule has 3 N–H and O–H groups in total. The molecule has 0 aliphatic carbocycles. The van der Waals surface area contributed by atoms with Gasteiger partial charge in [-0.1, -0.05) is 30.3 Å². The molecule has 2 aromatic rings. The molecule has 0 spiro atoms. The van der Waals surface area contributed by atoms with E-state index in [0.29, 0.717) is 13.0 Å². The Morgan fingerprint density at radius 2 is 2.24 bits per heavy atom. The largest absolute Gasteiger partial charge is 0.350 e. The van der Waals surface area contributed by atoms with Gasteiger partial charge in [0, 0.05) is 17.3 Å². The molecule has 2 rings (SSSR count). The molecule has 7 nitrogen and oxygen atoms in total. The average Bonchev–Trinajstić information content (AvgIpc) is 2.89. The standard InChI is InChI=1S/C14H14N6O/c15-7-4-8-20-10-12(9-17-18-14(16)21)13(19-20)11-5-2-1-3-6-11/h1-3,5-6,9-10H,4,8H2,(H3,16,18,21)/b17-9-. The minimum Gasteiger partial charge on any atom is -0.350 e. The van der Waals surface area contributed by atoms with Gasteiger partial charge in [0.2, 0.25) is 0 Å². The fourth-order valence-electron chi connectivity index (χ4n) is 1.80. The van der Waals surface area contributed by atoms with E-state index in [1.54, 1.807) is 10.9 Å². The molecule has 0 aliphatic heterocycles. The number of carbonyl (C=O) groups is 1. The van der Waals surface area contributed by atoms with Crippen molar-refractivity contribution in [2.24, 2.45) is 10.8 Å². The van der Waals surface area contributed by atoms with Crippen LogP contribution in [-0.4, -0.2) is 22.0 Å². The zero-order valence-electron chi connectivity index (χ0n) is 11.2. The zero-order chi connectivity index (χ0) is 15.1. The number of nitrogens with zero attached hydrogens (tertiary/aromatic N) is 4. The number of rotatable bonds is 5. The number of urea groups is 1. The first kappa shape index (κ1) is 14.3. The first-order valence-corrected chi connectivity index (χ1v) is 6.29. The quantitative estimate of drug-likeness (QED) is 0.640. The Morgan fingerprint density at radius 3 is 2.90 bits per heavy atom. The highest BCUT2D eigenvalue weighted by Gasteiger charge is 2.09. The lowest BCUT2D eigenvalue weighted by molar-refractivity contribution is 0.249. The number of benzene rings is 1. The van der Waals surface area contributed by atoms with Gasteiger partial charge >= 0.3 is 6.03 Å². The SMILES string of the molecule is N#CCCn1cc(/C=N\NC(N)=O)c(-c2ccccc2)n1. The molecule has 0 bridgehead atoms. The summed E-state index contributed by atoms with van der Waals surface area (Å²) >= 11 is 0. The molecule has 0 radical (unpaired) electrons. The molecular weight excluding hydrogens is 268 g/mol. The van der Waals surface area contributed by atoms with Gasteiger partial charge in [-0.05, 0) is 0 Å². The third kappa shape index (κ3) is 3.91. The maximum absolute atomic E-state index is 10.6. The van der Waals surface area contributed by atoms with Crippen molar-refractivity contribution in [1.82, 2.24) is 15.2 Å². The summed E-state index contributed by atoms with van der Waals surface area (Å²) in [7, 11) is 0. The highest BCUT2D eigenvalue weighted by molar-refractivity contribution is 5.89. The van der Waals surface area contributed by atoms with Gasteiger partial charge in [-0.25, -0.2) is 10.2 Å². The van der Waals surface area contributed by atoms with Crippen molar-refractivity contribution in [1.29, 1.82) is 5.26 Å². The number of nitrogens with two attached hydrogens (primary N) is 1. The van der Waals surface area contributed by atoms with Crippen molar-refractivity contribution in [3.8, 4) is 17.3 Å². The monoisotopic (exact) mass is 282 g/mol. The van der Waals surface area contributed by atoms with Crippen LogP contribution in [0.3, 0.4) is 0 Å². The number of aromatic nitrogens is 2. The molecule has 7 heteroatoms. The Balaban J connectivity index is 2.32. The van der Waals surface area contributed by atoms with Crippen molar-refractivity contribution >= 4 is 12.2 Å². The summed E-state index contributed by atoms with van der Waals surface area (Å²) in [6.07, 6.45) is 3.61. The van der Waals surface area contributed by atoms with Crippen LogP contribution in [0.4, 0.5) is 4.79 Å². The van der Waals surface area contributed by atoms with Crippen molar-refractivity contribution < 1.29 is 4.79 Å². The molecule has 1 aromatic carbocycles. The summed E-state index contributed by atoms with van der Waals surface area (Å²) < 4.78 is 1.68. The van der Waals surface area contributed by atoms with Gasteiger partial charge in [0.15, 0.2) is 0 Å². The maximum Gasteiger partial charge on any atom is 0.332 e. The van der Waals surface area contributed by atoms with Crippen LogP contribution in [0.15, 0.2) is 41.6 Å². The fourth-order valence-corrected chi connectivity index (χ4v) is 1.80. The predicted octanol–water partition coefficient (Wildman–Crippen LogP) is 1.47. The van der Waals surface area contributed by atoms with Gasteiger partial charge in [-0.15, -0.1) is 0 Å². The van der Waals surface area contributed by atoms with Crippen molar-refractivity contribution in [3.63, 3.8) is 0 Å². The number of nitrogens with one attached hydrogen (secondary N) is 1. The van der Waals surface area contributed by atoms with Gasteiger partial charge in [0.25, 0.3) is 0 Å². The Kier molecular flexibility index (Phi) is 4.66. The van der Waals surface area contributed by atoms with Crippen molar-refractivity contribution in [2.45, 2.75) is 13.0 Å². The Morgan fingerprint density at radius 1 is 1.48 bits per heavy atom. The lowest BCUT2D eigenvalue weighted by Crippen LogP contribution is -2.24. The number of hydrogen-bond acceptors (Lipinski definition) is 4. The minimum absolute atomic E-state index is 0.367. The van der Waals surface area contributed by atoms with E-state index in [1.165, 1.54) is 6.21 Å². The molecular formula is C14H14N6O. The van der Waals surface area contributed by atoms with E-state index in [1.807, 2.05) is 30.3 Å². The van der Waals surface area contributed by atoms with E-state index in [-0.39, 0.29) is 0 Å². The van der Waals surface area contributed by atoms with Gasteiger partial charge in [-0.2, -0.15) is 15.5 Å². The summed E-state index contributed by atoms with van der Waals surface area (Å²) in [5.41, 5.74) is 9.48. The van der Waals surface area contributed by atoms with E-state index in [4.69, 9.17) is 11.0 Å². The zero-order valence-corrected chi connectivity index (χ0v) is 11.2. The first-order chi connectivity index (χ1) is 10.2. The number of hydrogen-bond donors (Lipinski definition) is 2. The fraction of sp³-hybridized carbons (Fsp3) is 0.143. The summed E-state index contributed by atoms with van der Waals surface area (Å²) in [5.74, 6) is 0. The van der Waals surface area contributed by atoms with E-state index < -0.39 is 6.03 Å². The van der Waals surface area contributed by atoms with Crippen LogP contribution in [0.25, 0.3) is 11.3 Å². The van der Waals surface area contributed by atoms with Crippen LogP contribution in [-0.2, 0) is 6.54 Å². The highest BCUT2D eigenvalue weighted by atomic mass is 16.2. The van der Waals surface area contributed by atoms with Crippen molar-refractivity contribution in [2.75, 3.05) is 0 Å². The minimum atomic E-state index is -0.732. The van der Waals surface area contributed by atoms with E-state index in [2.05, 4.69) is 21.7 Å². The van der Waals surface area contributed by atoms with Crippen LogP contribution < -0.4 is 11.2 Å². The molecule has 0 fully saturated rings. The predicted molar refractivity (Wildman–Crippen MR) is 78.2 cm³/mol. The summed E-state index contributed by atoms with van der Waals surface area (Å²) in [6.45, 7) is 0.493. The molecule has 2 amide bonds. The molecule has 1 aromatic heterocycles. The molecule has 0 aliphatic rings. The number of aryl methyl sites for hydroxylation is 1. The molecule has 1 heterocycles. The Bertz CT molecular complexity index is 683. The highest BCUT2D eigenvalue weighted by Crippen LogP contribution is 2.20. The number of carbonyl (C=O) groups excluding carboxylic acids is 1. The molecule has 0 unspecified atom stereocenters. The van der Waals surface area contributed by atoms with Crippen LogP contribution in [0.1, 0.15) is 12.0 Å². The van der Waals surface area contributed by atoms with Crippen LogP contribution >= 0.6 is 0 Å². The van der Waals surface area contributed by atoms with Crippen LogP contribution in [0.5, 0.6) is 0 Å². The summed E-state index contributed by atoms with van der Waals surface area (Å²) in [6, 6.07) is 10.9. The second-order valence-electron chi connectivity index (χ2n) is 4.20. The topological polar surface area (TPSA) is 109 Å². The van der Waals surface area contributed by atoms with Gasteiger partial charge in [-0.3, -0.25) is 4.68 Å². The lowest BCUT2D eigenvalue weighted by atomic mass is 10.1. The van der Waals surface area contributed by atoms with Gasteiger partial charge in [0.1, 0.15) is 5.69 Å². The average molecular weight is 282 g/mol. The number of hydrazone groups is 1. The first-order valence-electron chi connectivity index (χ1n) is 6.29. The molecule has 21 heavy (non-hydrogen) atoms. The second-order valence-corrected chi connectivity index (χ2v) is 4.20. The third-order valence-corrected chi connectivity index (χ3v) is 2.67. The normalized spacial score (nSPS) is 10.4. The van der Waals surface area contributed by atoms with E-state index in [0.717, 1.165) is 16.8 Å². The molecule has 0 saturated carbocycles. The molecule has 0 atom stereocenters. The van der Waals surface area contributed by atoms with Crippen LogP contribution in [0.2, 0.25) is 0 Å². The smallest absolute Gasteiger partial charge is 0.332 e. The lowest BCUT2D eigenvalue weighted by Gasteiger charge is -1.98. The maximum atomic E-state index is 10.6. The van der Waals surface area contributed by atoms with E-state index >= 15 is 0 Å². The summed E-state index contributed by atoms with van der Waals surface area (Å²) in [5, 5.41) is 16.8. The van der Waals surface area contributed by atoms with Crippen molar-refractivity contribution in [3.05, 3.63) is 42.1 Å². The van der Waals surface area contributed by atoms with Gasteiger partial charge in [0.05, 0.1) is 25.2 Å². The third-order valence-electron chi connectivity index (χ3n) is 2.67. The number of primary amides is 1. The Hall–Kier alpha value is -3.14. The molecule has 0 saturated heterocycles. The van der Waals surface area contributed by atoms with Gasteiger partial charge < -0.3 is 5.73 Å². The number of amides is 2. The Labute approximate surface area is 121 Å². The molecule has 106 valence electrons. The summed E-state index contributed by atoms with van der Waals surface area (Å²) in [4.78, 5) is 10.6. The van der Waals surface area contributed by atoms with E-state index in [9.17, 15) is 4.79 Å². The second kappa shape index (κ2) is 6.86. The number of nitriles is 1.